The highest BCUT2D eigenvalue weighted by Crippen LogP contribution is 2.17. The summed E-state index contributed by atoms with van der Waals surface area (Å²) in [6, 6.07) is 0. The van der Waals surface area contributed by atoms with Gasteiger partial charge in [0.15, 0.2) is 6.10 Å². The van der Waals surface area contributed by atoms with Crippen LogP contribution in [0.1, 0.15) is 316 Å². The van der Waals surface area contributed by atoms with Crippen LogP contribution in [0.25, 0.3) is 0 Å². The topological polar surface area (TPSA) is 78.9 Å². The lowest BCUT2D eigenvalue weighted by Gasteiger charge is -2.18. The van der Waals surface area contributed by atoms with Crippen molar-refractivity contribution in [1.82, 2.24) is 0 Å². The molecule has 0 saturated heterocycles. The average Bonchev–Trinajstić information content (AvgIpc) is 3.37. The Morgan fingerprint density at radius 2 is 0.549 bits per heavy atom. The molecular weight excluding hydrogens is 877 g/mol. The monoisotopic (exact) mass is 993 g/mol. The van der Waals surface area contributed by atoms with Crippen LogP contribution in [-0.2, 0) is 28.6 Å². The lowest BCUT2D eigenvalue weighted by atomic mass is 10.0. The maximum atomic E-state index is 12.9. The summed E-state index contributed by atoms with van der Waals surface area (Å²) < 4.78 is 16.9. The van der Waals surface area contributed by atoms with Gasteiger partial charge in [0.1, 0.15) is 13.2 Å². The Balaban J connectivity index is 4.28. The van der Waals surface area contributed by atoms with Gasteiger partial charge in [-0.1, -0.05) is 293 Å². The van der Waals surface area contributed by atoms with Crippen LogP contribution in [0.4, 0.5) is 0 Å². The minimum absolute atomic E-state index is 0.0710. The number of ether oxygens (including phenoxy) is 3. The van der Waals surface area contributed by atoms with Gasteiger partial charge in [0.05, 0.1) is 0 Å². The predicted molar refractivity (Wildman–Crippen MR) is 307 cm³/mol. The van der Waals surface area contributed by atoms with E-state index in [1.807, 2.05) is 0 Å². The maximum Gasteiger partial charge on any atom is 0.306 e. The van der Waals surface area contributed by atoms with Crippen molar-refractivity contribution in [3.8, 4) is 0 Å². The van der Waals surface area contributed by atoms with E-state index in [4.69, 9.17) is 14.2 Å². The highest BCUT2D eigenvalue weighted by Gasteiger charge is 2.19. The Morgan fingerprint density at radius 3 is 0.859 bits per heavy atom. The predicted octanol–water partition coefficient (Wildman–Crippen LogP) is 20.8. The summed E-state index contributed by atoms with van der Waals surface area (Å²) in [7, 11) is 0. The van der Waals surface area contributed by atoms with Crippen molar-refractivity contribution in [3.63, 3.8) is 0 Å². The molecule has 0 aliphatic carbocycles. The van der Waals surface area contributed by atoms with Crippen LogP contribution < -0.4 is 0 Å². The molecule has 0 N–H and O–H groups in total. The molecule has 0 aliphatic heterocycles. The number of hydrogen-bond acceptors (Lipinski definition) is 6. The molecule has 412 valence electrons. The van der Waals surface area contributed by atoms with Crippen molar-refractivity contribution in [1.29, 1.82) is 0 Å². The minimum atomic E-state index is -0.773. The Hall–Kier alpha value is -2.89. The first-order valence-electron chi connectivity index (χ1n) is 30.8. The van der Waals surface area contributed by atoms with Gasteiger partial charge in [0, 0.05) is 19.3 Å². The second kappa shape index (κ2) is 59.7. The fourth-order valence-electron chi connectivity index (χ4n) is 8.94. The molecule has 6 nitrogen and oxygen atoms in total. The van der Waals surface area contributed by atoms with Gasteiger partial charge in [-0.2, -0.15) is 0 Å². The smallest absolute Gasteiger partial charge is 0.306 e. The van der Waals surface area contributed by atoms with E-state index in [0.717, 1.165) is 96.3 Å². The molecule has 0 heterocycles. The van der Waals surface area contributed by atoms with Crippen LogP contribution in [0.5, 0.6) is 0 Å². The zero-order valence-corrected chi connectivity index (χ0v) is 47.2. The summed E-state index contributed by atoms with van der Waals surface area (Å²) in [5, 5.41) is 0. The number of carbonyl (C=O) groups is 3. The molecule has 0 bridgehead atoms. The molecule has 0 fully saturated rings. The minimum Gasteiger partial charge on any atom is -0.462 e. The van der Waals surface area contributed by atoms with Gasteiger partial charge in [-0.3, -0.25) is 14.4 Å². The number of esters is 3. The molecule has 0 spiro atoms. The van der Waals surface area contributed by atoms with Crippen LogP contribution in [-0.4, -0.2) is 37.2 Å². The zero-order valence-electron chi connectivity index (χ0n) is 47.2. The van der Waals surface area contributed by atoms with Gasteiger partial charge in [-0.25, -0.2) is 0 Å². The molecule has 0 amide bonds. The van der Waals surface area contributed by atoms with Crippen LogP contribution in [0, 0.1) is 0 Å². The summed E-state index contributed by atoms with van der Waals surface area (Å²) in [4.78, 5) is 38.2. The molecule has 0 rings (SSSR count). The van der Waals surface area contributed by atoms with Gasteiger partial charge in [-0.05, 0) is 64.2 Å². The first kappa shape index (κ1) is 68.1. The highest BCUT2D eigenvalue weighted by molar-refractivity contribution is 5.71. The molecule has 0 aromatic rings. The van der Waals surface area contributed by atoms with E-state index in [9.17, 15) is 14.4 Å². The van der Waals surface area contributed by atoms with Gasteiger partial charge >= 0.3 is 17.9 Å². The van der Waals surface area contributed by atoms with E-state index < -0.39 is 6.10 Å². The van der Waals surface area contributed by atoms with Crippen molar-refractivity contribution in [2.24, 2.45) is 0 Å². The number of rotatable bonds is 56. The summed E-state index contributed by atoms with van der Waals surface area (Å²) in [5.74, 6) is -0.860. The SMILES string of the molecule is CC/C=C\C/C=C\C/C=C\C/C=C\C/C=C\CCCCCCCCCCCC(=O)OCC(COC(=O)CCCCCCCCCCCCCC)OC(=O)CCCCCCCCCCCCCCCCCC. The van der Waals surface area contributed by atoms with E-state index in [2.05, 4.69) is 81.5 Å². The van der Waals surface area contributed by atoms with Crippen LogP contribution >= 0.6 is 0 Å². The first-order chi connectivity index (χ1) is 35.0. The molecule has 0 radical (unpaired) electrons. The number of allylic oxidation sites excluding steroid dienone is 10. The number of carbonyl (C=O) groups excluding carboxylic acids is 3. The third-order valence-electron chi connectivity index (χ3n) is 13.5. The molecule has 0 saturated carbocycles. The van der Waals surface area contributed by atoms with Gasteiger partial charge in [0.25, 0.3) is 0 Å². The van der Waals surface area contributed by atoms with Crippen molar-refractivity contribution < 1.29 is 28.6 Å². The van der Waals surface area contributed by atoms with Crippen LogP contribution in [0.3, 0.4) is 0 Å². The zero-order chi connectivity index (χ0) is 51.4. The van der Waals surface area contributed by atoms with Crippen molar-refractivity contribution >= 4 is 17.9 Å². The van der Waals surface area contributed by atoms with E-state index in [1.54, 1.807) is 0 Å². The maximum absolute atomic E-state index is 12.9. The Morgan fingerprint density at radius 1 is 0.296 bits per heavy atom. The summed E-state index contributed by atoms with van der Waals surface area (Å²) >= 11 is 0. The molecule has 6 heteroatoms. The number of unbranched alkanes of at least 4 members (excludes halogenated alkanes) is 35. The molecule has 71 heavy (non-hydrogen) atoms. The molecule has 1 atom stereocenters. The van der Waals surface area contributed by atoms with Crippen LogP contribution in [0.15, 0.2) is 60.8 Å². The average molecular weight is 994 g/mol. The summed E-state index contributed by atoms with van der Waals surface area (Å²) in [6.07, 6.45) is 75.0. The third-order valence-corrected chi connectivity index (χ3v) is 13.5. The first-order valence-corrected chi connectivity index (χ1v) is 30.8. The second-order valence-electron chi connectivity index (χ2n) is 20.6. The molecule has 1 unspecified atom stereocenters. The molecule has 0 aromatic heterocycles. The fraction of sp³-hybridized carbons (Fsp3) is 0.800. The van der Waals surface area contributed by atoms with E-state index >= 15 is 0 Å². The Labute approximate surface area is 440 Å². The van der Waals surface area contributed by atoms with Crippen molar-refractivity contribution in [2.45, 2.75) is 322 Å². The van der Waals surface area contributed by atoms with E-state index in [0.29, 0.717) is 19.3 Å². The van der Waals surface area contributed by atoms with Gasteiger partial charge in [-0.15, -0.1) is 0 Å². The van der Waals surface area contributed by atoms with E-state index in [1.165, 1.54) is 180 Å². The molecule has 0 aromatic carbocycles. The largest absolute Gasteiger partial charge is 0.462 e. The normalized spacial score (nSPS) is 12.4. The standard InChI is InChI=1S/C65H116O6/c1-4-7-10-13-16-19-22-25-27-29-30-31-32-33-34-35-36-37-39-40-43-46-49-52-55-58-64(67)70-61-62(60-69-63(66)57-54-51-48-45-42-24-21-18-15-12-9-6-3)71-65(68)59-56-53-50-47-44-41-38-28-26-23-20-17-14-11-8-5-2/h7,10,16,19,25,27,30-31,33-34,62H,4-6,8-9,11-15,17-18,20-24,26,28-29,32,35-61H2,1-3H3/b10-7-,19-16-,27-25-,31-30-,34-33-. The second-order valence-corrected chi connectivity index (χ2v) is 20.6. The quantitative estimate of drug-likeness (QED) is 0.0261. The van der Waals surface area contributed by atoms with Gasteiger partial charge < -0.3 is 14.2 Å². The molecule has 0 aliphatic rings. The van der Waals surface area contributed by atoms with Crippen LogP contribution in [0.2, 0.25) is 0 Å². The highest BCUT2D eigenvalue weighted by atomic mass is 16.6. The van der Waals surface area contributed by atoms with Crippen molar-refractivity contribution in [2.75, 3.05) is 13.2 Å². The van der Waals surface area contributed by atoms with Crippen molar-refractivity contribution in [3.05, 3.63) is 60.8 Å². The Kier molecular flexibility index (Phi) is 57.2. The Bertz CT molecular complexity index is 1280. The third kappa shape index (κ3) is 57.9. The lowest BCUT2D eigenvalue weighted by molar-refractivity contribution is -0.167. The number of hydrogen-bond donors (Lipinski definition) is 0. The lowest BCUT2D eigenvalue weighted by Crippen LogP contribution is -2.30. The summed E-state index contributed by atoms with van der Waals surface area (Å²) in [5.41, 5.74) is 0. The summed E-state index contributed by atoms with van der Waals surface area (Å²) in [6.45, 7) is 6.56. The van der Waals surface area contributed by atoms with E-state index in [-0.39, 0.29) is 31.1 Å². The molecular formula is C65H116O6. The van der Waals surface area contributed by atoms with Gasteiger partial charge in [0.2, 0.25) is 0 Å². The fourth-order valence-corrected chi connectivity index (χ4v) is 8.94.